The number of nitrogens with one attached hydrogen (secondary N) is 1. The largest absolute Gasteiger partial charge is 0.490 e. The summed E-state index contributed by atoms with van der Waals surface area (Å²) in [6.07, 6.45) is 0.841. The molecule has 1 fully saturated rings. The number of carbonyl (C=O) groups is 3. The van der Waals surface area contributed by atoms with E-state index in [0.29, 0.717) is 35.6 Å². The average molecular weight is 443 g/mol. The predicted molar refractivity (Wildman–Crippen MR) is 112 cm³/mol. The van der Waals surface area contributed by atoms with Crippen molar-refractivity contribution in [3.8, 4) is 5.75 Å². The Morgan fingerprint density at radius 1 is 1.28 bits per heavy atom. The Labute approximate surface area is 184 Å². The van der Waals surface area contributed by atoms with E-state index >= 15 is 0 Å². The molecule has 0 spiro atoms. The molecular weight excluding hydrogens is 418 g/mol. The standard InChI is InChI=1S/C22H25N3O7/c1-12-8-16(24-32-12)21(27)23-13-4-7-18-15(9-13)22(28)25(2)17-6-5-14(10-20(26)29-3)31-19(17)11-30-18/h4,7-9,14,17,19H,5-6,10-11H2,1-3H3,(H,23,27)/t14-,17-,19+/m0/s1. The van der Waals surface area contributed by atoms with Crippen LogP contribution in [0.4, 0.5) is 5.69 Å². The van der Waals surface area contributed by atoms with E-state index in [1.807, 2.05) is 0 Å². The summed E-state index contributed by atoms with van der Waals surface area (Å²) >= 11 is 0. The number of likely N-dealkylation sites (N-methyl/N-ethyl adjacent to an activating group) is 1. The number of fused-ring (bicyclic) bond motifs is 2. The lowest BCUT2D eigenvalue weighted by molar-refractivity contribution is -0.151. The Bertz CT molecular complexity index is 1030. The molecular formula is C22H25N3O7. The van der Waals surface area contributed by atoms with Crippen LogP contribution in [0.15, 0.2) is 28.8 Å². The van der Waals surface area contributed by atoms with E-state index in [1.165, 1.54) is 13.2 Å². The van der Waals surface area contributed by atoms with Gasteiger partial charge in [0.1, 0.15) is 24.2 Å². The van der Waals surface area contributed by atoms with Crippen LogP contribution in [0.5, 0.6) is 5.75 Å². The van der Waals surface area contributed by atoms with Gasteiger partial charge in [0.2, 0.25) is 0 Å². The van der Waals surface area contributed by atoms with Crippen LogP contribution in [0.2, 0.25) is 0 Å². The maximum Gasteiger partial charge on any atom is 0.308 e. The highest BCUT2D eigenvalue weighted by atomic mass is 16.6. The molecule has 0 saturated carbocycles. The summed E-state index contributed by atoms with van der Waals surface area (Å²) in [6, 6.07) is 6.21. The van der Waals surface area contributed by atoms with Gasteiger partial charge in [-0.25, -0.2) is 0 Å². The summed E-state index contributed by atoms with van der Waals surface area (Å²) in [5.74, 6) is -0.0823. The van der Waals surface area contributed by atoms with Crippen LogP contribution in [0.1, 0.15) is 45.9 Å². The zero-order chi connectivity index (χ0) is 22.8. The molecule has 2 aromatic rings. The third-order valence-corrected chi connectivity index (χ3v) is 5.75. The maximum absolute atomic E-state index is 13.2. The molecule has 32 heavy (non-hydrogen) atoms. The van der Waals surface area contributed by atoms with Crippen LogP contribution in [0, 0.1) is 6.92 Å². The Kier molecular flexibility index (Phi) is 6.13. The van der Waals surface area contributed by atoms with Gasteiger partial charge in [0.15, 0.2) is 5.69 Å². The van der Waals surface area contributed by atoms with Crippen LogP contribution in [0.25, 0.3) is 0 Å². The Morgan fingerprint density at radius 3 is 2.81 bits per heavy atom. The van der Waals surface area contributed by atoms with Crippen molar-refractivity contribution in [1.82, 2.24) is 10.1 Å². The van der Waals surface area contributed by atoms with Crippen molar-refractivity contribution in [2.75, 3.05) is 26.1 Å². The topological polar surface area (TPSA) is 120 Å². The number of ether oxygens (including phenoxy) is 3. The quantitative estimate of drug-likeness (QED) is 0.714. The lowest BCUT2D eigenvalue weighted by atomic mass is 9.94. The smallest absolute Gasteiger partial charge is 0.308 e. The van der Waals surface area contributed by atoms with E-state index in [-0.39, 0.29) is 48.8 Å². The second-order valence-electron chi connectivity index (χ2n) is 7.94. The van der Waals surface area contributed by atoms with Crippen molar-refractivity contribution in [2.24, 2.45) is 0 Å². The fourth-order valence-corrected chi connectivity index (χ4v) is 4.04. The summed E-state index contributed by atoms with van der Waals surface area (Å²) in [7, 11) is 3.07. The molecule has 1 aromatic carbocycles. The van der Waals surface area contributed by atoms with Crippen LogP contribution in [-0.2, 0) is 14.3 Å². The number of hydrogen-bond acceptors (Lipinski definition) is 8. The second-order valence-corrected chi connectivity index (χ2v) is 7.94. The molecule has 2 aliphatic heterocycles. The Balaban J connectivity index is 1.51. The first-order chi connectivity index (χ1) is 15.4. The number of carbonyl (C=O) groups excluding carboxylic acids is 3. The highest BCUT2D eigenvalue weighted by molar-refractivity contribution is 6.04. The molecule has 0 aliphatic carbocycles. The molecule has 3 atom stereocenters. The number of aryl methyl sites for hydroxylation is 1. The van der Waals surface area contributed by atoms with Crippen LogP contribution in [0.3, 0.4) is 0 Å². The van der Waals surface area contributed by atoms with Crippen molar-refractivity contribution in [3.05, 3.63) is 41.3 Å². The van der Waals surface area contributed by atoms with Gasteiger partial charge in [-0.3, -0.25) is 14.4 Å². The number of anilines is 1. The molecule has 4 rings (SSSR count). The van der Waals surface area contributed by atoms with Crippen LogP contribution < -0.4 is 10.1 Å². The average Bonchev–Trinajstić information content (AvgIpc) is 3.23. The van der Waals surface area contributed by atoms with Gasteiger partial charge in [-0.05, 0) is 38.0 Å². The number of rotatable bonds is 4. The van der Waals surface area contributed by atoms with Crippen molar-refractivity contribution >= 4 is 23.5 Å². The number of benzene rings is 1. The number of esters is 1. The molecule has 2 amide bonds. The monoisotopic (exact) mass is 443 g/mol. The number of amides is 2. The molecule has 170 valence electrons. The first kappa shape index (κ1) is 21.8. The lowest BCUT2D eigenvalue weighted by Gasteiger charge is -2.42. The minimum Gasteiger partial charge on any atom is -0.490 e. The summed E-state index contributed by atoms with van der Waals surface area (Å²) < 4.78 is 21.6. The summed E-state index contributed by atoms with van der Waals surface area (Å²) in [5.41, 5.74) is 0.935. The van der Waals surface area contributed by atoms with Gasteiger partial charge in [-0.15, -0.1) is 0 Å². The highest BCUT2D eigenvalue weighted by Crippen LogP contribution is 2.32. The summed E-state index contributed by atoms with van der Waals surface area (Å²) in [6.45, 7) is 1.93. The van der Waals surface area contributed by atoms with Gasteiger partial charge in [0.25, 0.3) is 11.8 Å². The molecule has 10 nitrogen and oxygen atoms in total. The van der Waals surface area contributed by atoms with E-state index in [9.17, 15) is 14.4 Å². The first-order valence-electron chi connectivity index (χ1n) is 10.4. The zero-order valence-corrected chi connectivity index (χ0v) is 18.1. The molecule has 0 bridgehead atoms. The zero-order valence-electron chi connectivity index (χ0n) is 18.1. The lowest BCUT2D eigenvalue weighted by Crippen LogP contribution is -2.53. The van der Waals surface area contributed by atoms with Gasteiger partial charge in [-0.1, -0.05) is 5.16 Å². The van der Waals surface area contributed by atoms with Crippen LogP contribution in [-0.4, -0.2) is 66.9 Å². The Hall–Kier alpha value is -3.40. The number of nitrogens with zero attached hydrogens (tertiary/aromatic N) is 2. The normalized spacial score (nSPS) is 22.7. The van der Waals surface area contributed by atoms with E-state index in [1.54, 1.807) is 37.1 Å². The molecule has 10 heteroatoms. The minimum atomic E-state index is -0.438. The minimum absolute atomic E-state index is 0.151. The molecule has 1 N–H and O–H groups in total. The fraction of sp³-hybridized carbons (Fsp3) is 0.455. The summed E-state index contributed by atoms with van der Waals surface area (Å²) in [5, 5.41) is 6.42. The second kappa shape index (κ2) is 8.99. The molecule has 1 saturated heterocycles. The van der Waals surface area contributed by atoms with Crippen molar-refractivity contribution in [2.45, 2.75) is 44.4 Å². The van der Waals surface area contributed by atoms with E-state index in [2.05, 4.69) is 10.5 Å². The fourth-order valence-electron chi connectivity index (χ4n) is 4.04. The maximum atomic E-state index is 13.2. The van der Waals surface area contributed by atoms with E-state index in [0.717, 1.165) is 0 Å². The number of methoxy groups -OCH3 is 1. The molecule has 1 aromatic heterocycles. The number of hydrogen-bond donors (Lipinski definition) is 1. The van der Waals surface area contributed by atoms with Crippen molar-refractivity contribution in [3.63, 3.8) is 0 Å². The third kappa shape index (κ3) is 4.45. The third-order valence-electron chi connectivity index (χ3n) is 5.75. The summed E-state index contributed by atoms with van der Waals surface area (Å²) in [4.78, 5) is 38.9. The van der Waals surface area contributed by atoms with Crippen molar-refractivity contribution in [1.29, 1.82) is 0 Å². The van der Waals surface area contributed by atoms with E-state index in [4.69, 9.17) is 18.7 Å². The number of aromatic nitrogens is 1. The van der Waals surface area contributed by atoms with Gasteiger partial charge in [0.05, 0.1) is 31.2 Å². The Morgan fingerprint density at radius 2 is 2.09 bits per heavy atom. The van der Waals surface area contributed by atoms with Crippen LogP contribution >= 0.6 is 0 Å². The van der Waals surface area contributed by atoms with Crippen molar-refractivity contribution < 1.29 is 33.1 Å². The first-order valence-corrected chi connectivity index (χ1v) is 10.4. The van der Waals surface area contributed by atoms with Gasteiger partial charge in [0, 0.05) is 18.8 Å². The molecule has 0 unspecified atom stereocenters. The molecule has 2 aliphatic rings. The SMILES string of the molecule is COC(=O)C[C@@H]1CC[C@H]2[C@@H](COc3ccc(NC(=O)c4cc(C)on4)cc3C(=O)N2C)O1. The highest BCUT2D eigenvalue weighted by Gasteiger charge is 2.39. The van der Waals surface area contributed by atoms with Gasteiger partial charge >= 0.3 is 5.97 Å². The van der Waals surface area contributed by atoms with Gasteiger partial charge < -0.3 is 29.0 Å². The predicted octanol–water partition coefficient (Wildman–Crippen LogP) is 2.18. The molecule has 0 radical (unpaired) electrons. The van der Waals surface area contributed by atoms with Gasteiger partial charge in [-0.2, -0.15) is 0 Å². The molecule has 3 heterocycles. The van der Waals surface area contributed by atoms with E-state index < -0.39 is 5.91 Å².